The molecular weight excluding hydrogens is 166 g/mol. The van der Waals surface area contributed by atoms with Gasteiger partial charge < -0.3 is 10.1 Å². The van der Waals surface area contributed by atoms with Crippen LogP contribution in [0.15, 0.2) is 12.4 Å². The SMILES string of the molecule is CCCn1cc(OCCNC)cn1. The van der Waals surface area contributed by atoms with E-state index in [9.17, 15) is 0 Å². The second-order valence-corrected chi connectivity index (χ2v) is 2.89. The Morgan fingerprint density at radius 1 is 1.62 bits per heavy atom. The van der Waals surface area contributed by atoms with Crippen LogP contribution < -0.4 is 10.1 Å². The summed E-state index contributed by atoms with van der Waals surface area (Å²) < 4.78 is 7.33. The largest absolute Gasteiger partial charge is 0.489 e. The molecule has 0 saturated heterocycles. The average molecular weight is 183 g/mol. The number of aromatic nitrogens is 2. The molecule has 0 bridgehead atoms. The lowest BCUT2D eigenvalue weighted by Crippen LogP contribution is -2.15. The number of nitrogens with one attached hydrogen (secondary N) is 1. The fourth-order valence-electron chi connectivity index (χ4n) is 1.04. The molecule has 74 valence electrons. The van der Waals surface area contributed by atoms with Gasteiger partial charge in [0.1, 0.15) is 6.61 Å². The summed E-state index contributed by atoms with van der Waals surface area (Å²) in [6, 6.07) is 0. The zero-order chi connectivity index (χ0) is 9.52. The second kappa shape index (κ2) is 5.59. The van der Waals surface area contributed by atoms with Gasteiger partial charge in [-0.1, -0.05) is 6.92 Å². The summed E-state index contributed by atoms with van der Waals surface area (Å²) in [5.41, 5.74) is 0. The molecule has 1 N–H and O–H groups in total. The molecule has 0 fully saturated rings. The van der Waals surface area contributed by atoms with Crippen LogP contribution in [0, 0.1) is 0 Å². The number of aryl methyl sites for hydroxylation is 1. The molecule has 0 aliphatic rings. The van der Waals surface area contributed by atoms with Crippen LogP contribution in [-0.4, -0.2) is 30.0 Å². The molecule has 1 aromatic rings. The van der Waals surface area contributed by atoms with E-state index in [0.29, 0.717) is 6.61 Å². The summed E-state index contributed by atoms with van der Waals surface area (Å²) in [6.45, 7) is 4.63. The molecule has 13 heavy (non-hydrogen) atoms. The van der Waals surface area contributed by atoms with Gasteiger partial charge in [0, 0.05) is 13.1 Å². The van der Waals surface area contributed by atoms with Crippen LogP contribution in [0.5, 0.6) is 5.75 Å². The molecule has 1 aromatic heterocycles. The van der Waals surface area contributed by atoms with Crippen LogP contribution in [0.4, 0.5) is 0 Å². The van der Waals surface area contributed by atoms with Crippen molar-refractivity contribution in [3.8, 4) is 5.75 Å². The van der Waals surface area contributed by atoms with E-state index in [2.05, 4.69) is 17.3 Å². The molecule has 0 amide bonds. The van der Waals surface area contributed by atoms with Crippen LogP contribution in [0.1, 0.15) is 13.3 Å². The highest BCUT2D eigenvalue weighted by Gasteiger charge is 1.97. The van der Waals surface area contributed by atoms with Gasteiger partial charge in [0.25, 0.3) is 0 Å². The molecule has 0 aliphatic heterocycles. The predicted octanol–water partition coefficient (Wildman–Crippen LogP) is 0.891. The van der Waals surface area contributed by atoms with E-state index in [1.807, 2.05) is 17.9 Å². The zero-order valence-corrected chi connectivity index (χ0v) is 8.29. The van der Waals surface area contributed by atoms with E-state index < -0.39 is 0 Å². The molecule has 0 radical (unpaired) electrons. The summed E-state index contributed by atoms with van der Waals surface area (Å²) in [6.07, 6.45) is 4.78. The first-order valence-corrected chi connectivity index (χ1v) is 4.66. The van der Waals surface area contributed by atoms with Gasteiger partial charge in [-0.2, -0.15) is 5.10 Å². The van der Waals surface area contributed by atoms with Crippen molar-refractivity contribution in [2.75, 3.05) is 20.2 Å². The third-order valence-electron chi connectivity index (χ3n) is 1.68. The van der Waals surface area contributed by atoms with Crippen molar-refractivity contribution in [3.63, 3.8) is 0 Å². The van der Waals surface area contributed by atoms with E-state index in [-0.39, 0.29) is 0 Å². The van der Waals surface area contributed by atoms with Crippen LogP contribution in [0.25, 0.3) is 0 Å². The topological polar surface area (TPSA) is 39.1 Å². The summed E-state index contributed by atoms with van der Waals surface area (Å²) in [5, 5.41) is 7.17. The van der Waals surface area contributed by atoms with Crippen molar-refractivity contribution in [2.45, 2.75) is 19.9 Å². The molecule has 1 rings (SSSR count). The summed E-state index contributed by atoms with van der Waals surface area (Å²) >= 11 is 0. The highest BCUT2D eigenvalue weighted by atomic mass is 16.5. The van der Waals surface area contributed by atoms with Gasteiger partial charge in [-0.3, -0.25) is 4.68 Å². The van der Waals surface area contributed by atoms with Crippen molar-refractivity contribution < 1.29 is 4.74 Å². The summed E-state index contributed by atoms with van der Waals surface area (Å²) in [4.78, 5) is 0. The van der Waals surface area contributed by atoms with Gasteiger partial charge in [-0.25, -0.2) is 0 Å². The first kappa shape index (κ1) is 10.1. The quantitative estimate of drug-likeness (QED) is 0.666. The number of ether oxygens (including phenoxy) is 1. The van der Waals surface area contributed by atoms with Crippen LogP contribution in [0.2, 0.25) is 0 Å². The molecule has 4 nitrogen and oxygen atoms in total. The number of rotatable bonds is 6. The van der Waals surface area contributed by atoms with E-state index in [0.717, 1.165) is 25.3 Å². The van der Waals surface area contributed by atoms with Gasteiger partial charge in [0.15, 0.2) is 5.75 Å². The molecule has 0 unspecified atom stereocenters. The third-order valence-corrected chi connectivity index (χ3v) is 1.68. The van der Waals surface area contributed by atoms with Crippen LogP contribution >= 0.6 is 0 Å². The maximum absolute atomic E-state index is 5.43. The van der Waals surface area contributed by atoms with E-state index in [1.165, 1.54) is 0 Å². The molecule has 0 atom stereocenters. The Labute approximate surface area is 78.9 Å². The van der Waals surface area contributed by atoms with Crippen molar-refractivity contribution in [3.05, 3.63) is 12.4 Å². The van der Waals surface area contributed by atoms with E-state index in [4.69, 9.17) is 4.74 Å². The maximum atomic E-state index is 5.43. The van der Waals surface area contributed by atoms with E-state index in [1.54, 1.807) is 6.20 Å². The minimum absolute atomic E-state index is 0.689. The molecule has 4 heteroatoms. The smallest absolute Gasteiger partial charge is 0.157 e. The Balaban J connectivity index is 2.31. The Morgan fingerprint density at radius 3 is 3.15 bits per heavy atom. The highest BCUT2D eigenvalue weighted by Crippen LogP contribution is 2.07. The zero-order valence-electron chi connectivity index (χ0n) is 8.29. The standard InChI is InChI=1S/C9H17N3O/c1-3-5-12-8-9(7-11-12)13-6-4-10-2/h7-8,10H,3-6H2,1-2H3. The van der Waals surface area contributed by atoms with Crippen LogP contribution in [-0.2, 0) is 6.54 Å². The Bertz CT molecular complexity index is 235. The number of hydrogen-bond donors (Lipinski definition) is 1. The molecule has 0 spiro atoms. The van der Waals surface area contributed by atoms with Gasteiger partial charge in [-0.05, 0) is 13.5 Å². The van der Waals surface area contributed by atoms with Crippen molar-refractivity contribution in [1.82, 2.24) is 15.1 Å². The molecule has 0 aromatic carbocycles. The van der Waals surface area contributed by atoms with Gasteiger partial charge in [0.2, 0.25) is 0 Å². The lowest BCUT2D eigenvalue weighted by atomic mass is 10.5. The van der Waals surface area contributed by atoms with Gasteiger partial charge >= 0.3 is 0 Å². The van der Waals surface area contributed by atoms with Crippen molar-refractivity contribution >= 4 is 0 Å². The lowest BCUT2D eigenvalue weighted by Gasteiger charge is -2.01. The molecule has 1 heterocycles. The monoisotopic (exact) mass is 183 g/mol. The van der Waals surface area contributed by atoms with Crippen molar-refractivity contribution in [2.24, 2.45) is 0 Å². The first-order chi connectivity index (χ1) is 6.36. The Morgan fingerprint density at radius 2 is 2.46 bits per heavy atom. The fourth-order valence-corrected chi connectivity index (χ4v) is 1.04. The molecular formula is C9H17N3O. The Hall–Kier alpha value is -1.03. The Kier molecular flexibility index (Phi) is 4.32. The minimum Gasteiger partial charge on any atom is -0.489 e. The number of hydrogen-bond acceptors (Lipinski definition) is 3. The van der Waals surface area contributed by atoms with Gasteiger partial charge in [0.05, 0.1) is 12.4 Å². The lowest BCUT2D eigenvalue weighted by molar-refractivity contribution is 0.318. The summed E-state index contributed by atoms with van der Waals surface area (Å²) in [5.74, 6) is 0.851. The highest BCUT2D eigenvalue weighted by molar-refractivity contribution is 5.11. The molecule has 0 aliphatic carbocycles. The third kappa shape index (κ3) is 3.46. The maximum Gasteiger partial charge on any atom is 0.157 e. The van der Waals surface area contributed by atoms with Crippen LogP contribution in [0.3, 0.4) is 0 Å². The predicted molar refractivity (Wildman–Crippen MR) is 51.9 cm³/mol. The average Bonchev–Trinajstić information content (AvgIpc) is 2.54. The minimum atomic E-state index is 0.689. The summed E-state index contributed by atoms with van der Waals surface area (Å²) in [7, 11) is 1.91. The van der Waals surface area contributed by atoms with Gasteiger partial charge in [-0.15, -0.1) is 0 Å². The number of likely N-dealkylation sites (N-methyl/N-ethyl adjacent to an activating group) is 1. The number of nitrogens with zero attached hydrogens (tertiary/aromatic N) is 2. The first-order valence-electron chi connectivity index (χ1n) is 4.66. The normalized spacial score (nSPS) is 10.3. The fraction of sp³-hybridized carbons (Fsp3) is 0.667. The van der Waals surface area contributed by atoms with E-state index >= 15 is 0 Å². The van der Waals surface area contributed by atoms with Crippen molar-refractivity contribution in [1.29, 1.82) is 0 Å². The second-order valence-electron chi connectivity index (χ2n) is 2.89. The molecule has 0 saturated carbocycles.